The zero-order valence-electron chi connectivity index (χ0n) is 18.9. The van der Waals surface area contributed by atoms with Crippen LogP contribution in [0.5, 0.6) is 0 Å². The van der Waals surface area contributed by atoms with Gasteiger partial charge in [-0.2, -0.15) is 5.10 Å². The molecule has 0 N–H and O–H groups in total. The highest BCUT2D eigenvalue weighted by Crippen LogP contribution is 2.43. The van der Waals surface area contributed by atoms with Gasteiger partial charge in [0.25, 0.3) is 0 Å². The van der Waals surface area contributed by atoms with Crippen molar-refractivity contribution in [2.45, 2.75) is 44.9 Å². The third-order valence-corrected chi connectivity index (χ3v) is 7.87. The maximum atomic E-state index is 12.4. The van der Waals surface area contributed by atoms with Crippen LogP contribution in [-0.2, 0) is 4.79 Å². The van der Waals surface area contributed by atoms with Gasteiger partial charge < -0.3 is 9.80 Å². The first kappa shape index (κ1) is 19.8. The lowest BCUT2D eigenvalue weighted by Crippen LogP contribution is -2.49. The molecule has 1 aromatic carbocycles. The smallest absolute Gasteiger partial charge is 0.225 e. The molecule has 0 spiro atoms. The quantitative estimate of drug-likeness (QED) is 0.576. The van der Waals surface area contributed by atoms with Crippen LogP contribution in [-0.4, -0.2) is 46.6 Å². The van der Waals surface area contributed by atoms with Crippen molar-refractivity contribution in [1.82, 2.24) is 14.5 Å². The SMILES string of the molecule is CCC1CC(c2ccc(-c3cc4c(N5CCN(C(=O)C6CC6)CC5)ccnn4c3)cc2)C1. The Hall–Kier alpha value is -2.82. The summed E-state index contributed by atoms with van der Waals surface area (Å²) in [7, 11) is 0. The molecule has 0 radical (unpaired) electrons. The average molecular weight is 429 g/mol. The molecule has 1 saturated heterocycles. The largest absolute Gasteiger partial charge is 0.366 e. The van der Waals surface area contributed by atoms with E-state index in [9.17, 15) is 4.79 Å². The van der Waals surface area contributed by atoms with Crippen LogP contribution in [0.4, 0.5) is 5.69 Å². The predicted octanol–water partition coefficient (Wildman–Crippen LogP) is 4.96. The van der Waals surface area contributed by atoms with Crippen molar-refractivity contribution in [3.63, 3.8) is 0 Å². The minimum atomic E-state index is 0.311. The topological polar surface area (TPSA) is 40.8 Å². The zero-order valence-corrected chi connectivity index (χ0v) is 18.9. The standard InChI is InChI=1S/C27H32N4O/c1-2-19-15-23(16-19)20-3-5-21(6-4-20)24-17-26-25(9-10-28-31(26)18-24)29-11-13-30(14-12-29)27(32)22-7-8-22/h3-6,9-10,17-19,22-23H,2,7-8,11-16H2,1H3. The third-order valence-electron chi connectivity index (χ3n) is 7.87. The molecule has 5 nitrogen and oxygen atoms in total. The van der Waals surface area contributed by atoms with Crippen LogP contribution in [0.3, 0.4) is 0 Å². The Morgan fingerprint density at radius 2 is 1.75 bits per heavy atom. The molecule has 3 aliphatic rings. The normalized spacial score (nSPS) is 23.4. The predicted molar refractivity (Wildman–Crippen MR) is 128 cm³/mol. The Morgan fingerprint density at radius 3 is 2.44 bits per heavy atom. The molecular formula is C27H32N4O. The molecule has 2 saturated carbocycles. The van der Waals surface area contributed by atoms with E-state index in [1.54, 1.807) is 0 Å². The number of benzene rings is 1. The fourth-order valence-electron chi connectivity index (χ4n) is 5.47. The Bertz CT molecular complexity index is 1120. The third kappa shape index (κ3) is 3.58. The van der Waals surface area contributed by atoms with Crippen LogP contribution >= 0.6 is 0 Å². The first-order valence-electron chi connectivity index (χ1n) is 12.3. The van der Waals surface area contributed by atoms with Gasteiger partial charge in [-0.25, -0.2) is 4.52 Å². The maximum Gasteiger partial charge on any atom is 0.225 e. The molecule has 3 fully saturated rings. The summed E-state index contributed by atoms with van der Waals surface area (Å²) in [5.74, 6) is 2.35. The van der Waals surface area contributed by atoms with Crippen molar-refractivity contribution in [2.24, 2.45) is 11.8 Å². The first-order chi connectivity index (χ1) is 15.7. The summed E-state index contributed by atoms with van der Waals surface area (Å²) in [6.45, 7) is 5.70. The van der Waals surface area contributed by atoms with Crippen LogP contribution in [0.15, 0.2) is 48.8 Å². The van der Waals surface area contributed by atoms with E-state index in [4.69, 9.17) is 0 Å². The van der Waals surface area contributed by atoms with Crippen molar-refractivity contribution in [3.8, 4) is 11.1 Å². The maximum absolute atomic E-state index is 12.4. The Balaban J connectivity index is 1.19. The van der Waals surface area contributed by atoms with E-state index in [0.29, 0.717) is 11.8 Å². The molecule has 6 rings (SSSR count). The van der Waals surface area contributed by atoms with E-state index >= 15 is 0 Å². The van der Waals surface area contributed by atoms with Gasteiger partial charge in [0, 0.05) is 50.1 Å². The van der Waals surface area contributed by atoms with E-state index in [1.807, 2.05) is 10.7 Å². The van der Waals surface area contributed by atoms with Crippen LogP contribution in [0.25, 0.3) is 16.6 Å². The monoisotopic (exact) mass is 428 g/mol. The van der Waals surface area contributed by atoms with Crippen molar-refractivity contribution in [2.75, 3.05) is 31.1 Å². The van der Waals surface area contributed by atoms with Gasteiger partial charge in [0.1, 0.15) is 0 Å². The lowest BCUT2D eigenvalue weighted by molar-refractivity contribution is -0.132. The Morgan fingerprint density at radius 1 is 1.00 bits per heavy atom. The number of anilines is 1. The minimum absolute atomic E-state index is 0.311. The molecule has 1 amide bonds. The van der Waals surface area contributed by atoms with E-state index in [2.05, 4.69) is 64.4 Å². The lowest BCUT2D eigenvalue weighted by atomic mass is 9.70. The Labute approximate surface area is 190 Å². The molecule has 3 aromatic rings. The van der Waals surface area contributed by atoms with Gasteiger partial charge in [0.2, 0.25) is 5.91 Å². The summed E-state index contributed by atoms with van der Waals surface area (Å²) < 4.78 is 2.00. The second-order valence-corrected chi connectivity index (χ2v) is 9.93. The van der Waals surface area contributed by atoms with Gasteiger partial charge in [-0.1, -0.05) is 37.6 Å². The second-order valence-electron chi connectivity index (χ2n) is 9.93. The number of aromatic nitrogens is 2. The van der Waals surface area contributed by atoms with Gasteiger partial charge >= 0.3 is 0 Å². The van der Waals surface area contributed by atoms with Crippen molar-refractivity contribution in [3.05, 3.63) is 54.4 Å². The molecule has 3 heterocycles. The molecule has 2 aromatic heterocycles. The number of carbonyl (C=O) groups excluding carboxylic acids is 1. The lowest BCUT2D eigenvalue weighted by Gasteiger charge is -2.36. The highest BCUT2D eigenvalue weighted by molar-refractivity contribution is 5.82. The minimum Gasteiger partial charge on any atom is -0.366 e. The van der Waals surface area contributed by atoms with Gasteiger partial charge in [-0.05, 0) is 60.8 Å². The first-order valence-corrected chi connectivity index (χ1v) is 12.3. The summed E-state index contributed by atoms with van der Waals surface area (Å²) >= 11 is 0. The molecule has 1 aliphatic heterocycles. The second kappa shape index (κ2) is 7.95. The van der Waals surface area contributed by atoms with Crippen LogP contribution in [0, 0.1) is 11.8 Å². The molecule has 0 bridgehead atoms. The fraction of sp³-hybridized carbons (Fsp3) is 0.481. The molecule has 2 aliphatic carbocycles. The van der Waals surface area contributed by atoms with Crippen molar-refractivity contribution < 1.29 is 4.79 Å². The van der Waals surface area contributed by atoms with Gasteiger partial charge in [0.05, 0.1) is 11.2 Å². The van der Waals surface area contributed by atoms with Crippen LogP contribution in [0.2, 0.25) is 0 Å². The van der Waals surface area contributed by atoms with E-state index < -0.39 is 0 Å². The van der Waals surface area contributed by atoms with Gasteiger partial charge in [-0.15, -0.1) is 0 Å². The number of nitrogens with zero attached hydrogens (tertiary/aromatic N) is 4. The van der Waals surface area contributed by atoms with E-state index in [-0.39, 0.29) is 0 Å². The highest BCUT2D eigenvalue weighted by atomic mass is 16.2. The van der Waals surface area contributed by atoms with Crippen molar-refractivity contribution >= 4 is 17.1 Å². The molecule has 0 unspecified atom stereocenters. The molecular weight excluding hydrogens is 396 g/mol. The summed E-state index contributed by atoms with van der Waals surface area (Å²) in [5.41, 5.74) is 6.29. The number of piperazine rings is 1. The number of rotatable bonds is 5. The highest BCUT2D eigenvalue weighted by Gasteiger charge is 2.34. The van der Waals surface area contributed by atoms with Crippen LogP contribution < -0.4 is 4.90 Å². The number of carbonyl (C=O) groups is 1. The molecule has 166 valence electrons. The summed E-state index contributed by atoms with van der Waals surface area (Å²) in [5, 5.41) is 4.57. The number of hydrogen-bond acceptors (Lipinski definition) is 3. The fourth-order valence-corrected chi connectivity index (χ4v) is 5.47. The molecule has 0 atom stereocenters. The number of amides is 1. The van der Waals surface area contributed by atoms with E-state index in [1.165, 1.54) is 41.6 Å². The van der Waals surface area contributed by atoms with Crippen molar-refractivity contribution in [1.29, 1.82) is 0 Å². The van der Waals surface area contributed by atoms with Gasteiger partial charge in [-0.3, -0.25) is 4.79 Å². The van der Waals surface area contributed by atoms with Gasteiger partial charge in [0.15, 0.2) is 0 Å². The average Bonchev–Trinajstić information content (AvgIpc) is 3.56. The Kier molecular flexibility index (Phi) is 4.93. The number of hydrogen-bond donors (Lipinski definition) is 0. The zero-order chi connectivity index (χ0) is 21.7. The molecule has 32 heavy (non-hydrogen) atoms. The molecule has 5 heteroatoms. The van der Waals surface area contributed by atoms with E-state index in [0.717, 1.165) is 56.4 Å². The number of fused-ring (bicyclic) bond motifs is 1. The summed E-state index contributed by atoms with van der Waals surface area (Å²) in [6, 6.07) is 13.5. The summed E-state index contributed by atoms with van der Waals surface area (Å²) in [6.07, 6.45) is 10.2. The summed E-state index contributed by atoms with van der Waals surface area (Å²) in [4.78, 5) is 16.9. The van der Waals surface area contributed by atoms with Crippen LogP contribution in [0.1, 0.15) is 50.5 Å².